The summed E-state index contributed by atoms with van der Waals surface area (Å²) in [4.78, 5) is 34.2. The van der Waals surface area contributed by atoms with Gasteiger partial charge in [0, 0.05) is 45.5 Å². The summed E-state index contributed by atoms with van der Waals surface area (Å²) in [6.45, 7) is 8.83. The lowest BCUT2D eigenvalue weighted by molar-refractivity contribution is 0.0635. The molecule has 1 aliphatic rings. The molecule has 10 heteroatoms. The third kappa shape index (κ3) is 5.53. The van der Waals surface area contributed by atoms with Gasteiger partial charge in [0.1, 0.15) is 27.4 Å². The average molecular weight is 553 g/mol. The van der Waals surface area contributed by atoms with Gasteiger partial charge in [-0.15, -0.1) is 0 Å². The number of benzene rings is 1. The predicted octanol–water partition coefficient (Wildman–Crippen LogP) is 4.24. The summed E-state index contributed by atoms with van der Waals surface area (Å²) in [5.41, 5.74) is 2.80. The second-order valence-corrected chi connectivity index (χ2v) is 10.6. The van der Waals surface area contributed by atoms with Crippen molar-refractivity contribution in [3.63, 3.8) is 0 Å². The molecule has 0 atom stereocenters. The first-order chi connectivity index (χ1) is 17.1. The van der Waals surface area contributed by atoms with Crippen molar-refractivity contribution in [1.29, 1.82) is 5.26 Å². The molecule has 1 saturated heterocycles. The number of carbonyl (C=O) groups excluding carboxylic acids is 1. The zero-order valence-electron chi connectivity index (χ0n) is 20.8. The van der Waals surface area contributed by atoms with Crippen LogP contribution in [0.4, 0.5) is 16.2 Å². The molecule has 0 unspecified atom stereocenters. The summed E-state index contributed by atoms with van der Waals surface area (Å²) in [5.74, 6) is 0. The molecule has 0 bridgehead atoms. The van der Waals surface area contributed by atoms with E-state index in [0.717, 1.165) is 18.7 Å². The minimum atomic E-state index is -0.579. The maximum atomic E-state index is 12.9. The van der Waals surface area contributed by atoms with Crippen LogP contribution in [-0.4, -0.2) is 52.3 Å². The fraction of sp³-hybridized carbons (Fsp3) is 0.385. The van der Waals surface area contributed by atoms with Crippen molar-refractivity contribution < 1.29 is 9.53 Å². The van der Waals surface area contributed by atoms with E-state index in [0.29, 0.717) is 46.6 Å². The lowest BCUT2D eigenvalue weighted by atomic mass is 10.1. The van der Waals surface area contributed by atoms with Gasteiger partial charge in [-0.3, -0.25) is 15.0 Å². The number of nitriles is 1. The summed E-state index contributed by atoms with van der Waals surface area (Å²) in [6, 6.07) is 13.4. The van der Waals surface area contributed by atoms with Crippen LogP contribution in [-0.2, 0) is 18.3 Å². The summed E-state index contributed by atoms with van der Waals surface area (Å²) in [7, 11) is 1.66. The highest BCUT2D eigenvalue weighted by molar-refractivity contribution is 9.10. The molecule has 0 aliphatic carbocycles. The highest BCUT2D eigenvalue weighted by Gasteiger charge is 2.26. The second kappa shape index (κ2) is 10.3. The molecule has 3 aromatic rings. The Balaban J connectivity index is 1.53. The van der Waals surface area contributed by atoms with Gasteiger partial charge in [-0.05, 0) is 60.5 Å². The molecule has 1 fully saturated rings. The van der Waals surface area contributed by atoms with Gasteiger partial charge in [0.25, 0.3) is 5.56 Å². The van der Waals surface area contributed by atoms with Gasteiger partial charge in [0.2, 0.25) is 0 Å². The smallest absolute Gasteiger partial charge is 0.412 e. The first-order valence-electron chi connectivity index (χ1n) is 11.7. The molecule has 9 nitrogen and oxygen atoms in total. The van der Waals surface area contributed by atoms with Crippen LogP contribution in [0, 0.1) is 11.3 Å². The highest BCUT2D eigenvalue weighted by atomic mass is 79.9. The lowest BCUT2D eigenvalue weighted by Crippen LogP contribution is -2.47. The number of halogens is 1. The maximum Gasteiger partial charge on any atom is 0.412 e. The lowest BCUT2D eigenvalue weighted by Gasteiger charge is -2.37. The summed E-state index contributed by atoms with van der Waals surface area (Å²) in [6.07, 6.45) is -0.486. The molecule has 0 spiro atoms. The third-order valence-corrected chi connectivity index (χ3v) is 6.47. The van der Waals surface area contributed by atoms with E-state index in [1.807, 2.05) is 51.1 Å². The van der Waals surface area contributed by atoms with E-state index in [9.17, 15) is 14.9 Å². The number of hydrogen-bond acceptors (Lipinski definition) is 7. The van der Waals surface area contributed by atoms with Crippen LogP contribution in [0.25, 0.3) is 11.0 Å². The molecular formula is C26H29BrN6O3. The minimum absolute atomic E-state index is 0.107. The number of hydrogen-bond donors (Lipinski definition) is 1. The Hall–Kier alpha value is -3.42. The molecule has 4 rings (SSSR count). The molecule has 1 aromatic carbocycles. The van der Waals surface area contributed by atoms with Crippen molar-refractivity contribution in [3.05, 3.63) is 62.5 Å². The molecule has 0 saturated carbocycles. The van der Waals surface area contributed by atoms with Gasteiger partial charge < -0.3 is 14.2 Å². The Morgan fingerprint density at radius 3 is 2.53 bits per heavy atom. The van der Waals surface area contributed by atoms with Gasteiger partial charge >= 0.3 is 6.09 Å². The molecule has 1 aliphatic heterocycles. The van der Waals surface area contributed by atoms with Crippen molar-refractivity contribution in [3.8, 4) is 6.07 Å². The monoisotopic (exact) mass is 552 g/mol. The number of nitrogens with zero attached hydrogens (tertiary/aromatic N) is 5. The number of pyridine rings is 2. The summed E-state index contributed by atoms with van der Waals surface area (Å²) >= 11 is 3.42. The van der Waals surface area contributed by atoms with Crippen LogP contribution in [0.3, 0.4) is 0 Å². The number of amides is 1. The van der Waals surface area contributed by atoms with Gasteiger partial charge in [0.15, 0.2) is 0 Å². The Labute approximate surface area is 218 Å². The van der Waals surface area contributed by atoms with E-state index < -0.39 is 11.7 Å². The number of carbonyl (C=O) groups is 1. The molecule has 1 amide bonds. The Kier molecular flexibility index (Phi) is 7.33. The summed E-state index contributed by atoms with van der Waals surface area (Å²) in [5, 5.41) is 12.7. The maximum absolute atomic E-state index is 12.9. The number of rotatable bonds is 4. The van der Waals surface area contributed by atoms with Gasteiger partial charge in [0.05, 0.1) is 11.2 Å². The number of piperazine rings is 1. The Bertz CT molecular complexity index is 1400. The van der Waals surface area contributed by atoms with Crippen molar-refractivity contribution in [1.82, 2.24) is 14.5 Å². The molecule has 2 aromatic heterocycles. The van der Waals surface area contributed by atoms with Crippen molar-refractivity contribution >= 4 is 44.4 Å². The topological polar surface area (TPSA) is 103 Å². The predicted molar refractivity (Wildman–Crippen MR) is 143 cm³/mol. The Morgan fingerprint density at radius 1 is 1.17 bits per heavy atom. The van der Waals surface area contributed by atoms with Crippen LogP contribution in [0.2, 0.25) is 0 Å². The second-order valence-electron chi connectivity index (χ2n) is 9.75. The van der Waals surface area contributed by atoms with E-state index in [4.69, 9.17) is 4.74 Å². The highest BCUT2D eigenvalue weighted by Crippen LogP contribution is 2.29. The number of ether oxygens (including phenoxy) is 1. The van der Waals surface area contributed by atoms with Crippen LogP contribution < -0.4 is 15.8 Å². The van der Waals surface area contributed by atoms with Gasteiger partial charge in [-0.1, -0.05) is 18.2 Å². The van der Waals surface area contributed by atoms with Crippen molar-refractivity contribution in [2.75, 3.05) is 36.4 Å². The van der Waals surface area contributed by atoms with E-state index in [-0.39, 0.29) is 11.1 Å². The van der Waals surface area contributed by atoms with E-state index in [2.05, 4.69) is 42.1 Å². The van der Waals surface area contributed by atoms with E-state index in [1.165, 1.54) is 4.57 Å². The van der Waals surface area contributed by atoms with Gasteiger partial charge in [-0.25, -0.2) is 9.78 Å². The quantitative estimate of drug-likeness (QED) is 0.483. The molecule has 0 radical (unpaired) electrons. The first-order valence-corrected chi connectivity index (χ1v) is 12.5. The van der Waals surface area contributed by atoms with Crippen molar-refractivity contribution in [2.24, 2.45) is 7.05 Å². The zero-order valence-corrected chi connectivity index (χ0v) is 22.4. The van der Waals surface area contributed by atoms with E-state index >= 15 is 0 Å². The fourth-order valence-electron chi connectivity index (χ4n) is 4.34. The number of anilines is 2. The SMILES string of the molecule is Cn1c(=O)c(C#N)c(N2CCN(Cc3ccccc3NC(=O)OC(C)(C)C)CC2)c2nc(Br)ccc21. The van der Waals surface area contributed by atoms with Crippen LogP contribution in [0.1, 0.15) is 31.9 Å². The standard InChI is InChI=1S/C26H29BrN6O3/c1-26(2,3)36-25(35)29-19-8-6-5-7-17(19)16-32-11-13-33(14-12-32)23-18(15-28)24(34)31(4)20-9-10-21(27)30-22(20)23/h5-10H,11-14,16H2,1-4H3,(H,29,35). The number of aromatic nitrogens is 2. The number of fused-ring (bicyclic) bond motifs is 1. The third-order valence-electron chi connectivity index (χ3n) is 6.03. The largest absolute Gasteiger partial charge is 0.444 e. The molecular weight excluding hydrogens is 524 g/mol. The van der Waals surface area contributed by atoms with Crippen LogP contribution in [0.15, 0.2) is 45.8 Å². The Morgan fingerprint density at radius 2 is 1.86 bits per heavy atom. The first kappa shape index (κ1) is 25.7. The fourth-order valence-corrected chi connectivity index (χ4v) is 4.65. The normalized spacial score (nSPS) is 14.5. The van der Waals surface area contributed by atoms with E-state index in [1.54, 1.807) is 13.1 Å². The number of nitrogens with one attached hydrogen (secondary N) is 1. The van der Waals surface area contributed by atoms with Crippen molar-refractivity contribution in [2.45, 2.75) is 32.9 Å². The average Bonchev–Trinajstić information content (AvgIpc) is 2.82. The number of para-hydroxylation sites is 1. The summed E-state index contributed by atoms with van der Waals surface area (Å²) < 4.78 is 7.52. The van der Waals surface area contributed by atoms with Gasteiger partial charge in [-0.2, -0.15) is 5.26 Å². The molecule has 1 N–H and O–H groups in total. The number of aryl methyl sites for hydroxylation is 1. The molecule has 36 heavy (non-hydrogen) atoms. The molecule has 188 valence electrons. The minimum Gasteiger partial charge on any atom is -0.444 e. The van der Waals surface area contributed by atoms with Crippen LogP contribution in [0.5, 0.6) is 0 Å². The van der Waals surface area contributed by atoms with Crippen LogP contribution >= 0.6 is 15.9 Å². The zero-order chi connectivity index (χ0) is 26.0. The molecule has 3 heterocycles.